The molecule has 4 aromatic rings. The molecule has 0 saturated carbocycles. The molecule has 1 heterocycles. The van der Waals surface area contributed by atoms with Crippen molar-refractivity contribution < 1.29 is 13.7 Å². The highest BCUT2D eigenvalue weighted by Gasteiger charge is 2.16. The van der Waals surface area contributed by atoms with Crippen LogP contribution in [-0.2, 0) is 11.0 Å². The predicted octanol–water partition coefficient (Wildman–Crippen LogP) is 4.88. The number of hydrogen-bond acceptors (Lipinski definition) is 4. The van der Waals surface area contributed by atoms with Crippen LogP contribution in [0.25, 0.3) is 5.69 Å². The van der Waals surface area contributed by atoms with E-state index in [9.17, 15) is 9.00 Å². The van der Waals surface area contributed by atoms with E-state index in [1.807, 2.05) is 62.4 Å². The second kappa shape index (κ2) is 9.70. The predicted molar refractivity (Wildman–Crippen MR) is 130 cm³/mol. The number of amides is 1. The Morgan fingerprint density at radius 3 is 2.39 bits per heavy atom. The van der Waals surface area contributed by atoms with Crippen molar-refractivity contribution in [1.29, 1.82) is 0 Å². The van der Waals surface area contributed by atoms with E-state index >= 15 is 0 Å². The van der Waals surface area contributed by atoms with Crippen LogP contribution in [0.3, 0.4) is 0 Å². The lowest BCUT2D eigenvalue weighted by Gasteiger charge is -2.15. The molecule has 3 aromatic carbocycles. The molecule has 168 valence electrons. The molecule has 0 saturated heterocycles. The highest BCUT2D eigenvalue weighted by molar-refractivity contribution is 7.86. The van der Waals surface area contributed by atoms with Gasteiger partial charge in [0.05, 0.1) is 18.5 Å². The lowest BCUT2D eigenvalue weighted by Crippen LogP contribution is -2.14. The standard InChI is InChI=1S/C25H24N4O3S/c1-17-8-7-9-18(2)24(17)28-33(31)23-16-19(12-13-22(23)32-3)26-25(30)21-14-15-29(27-21)20-10-5-4-6-11-20/h4-16,28H,1-3H3,(H,26,30). The molecule has 7 nitrogen and oxygen atoms in total. The van der Waals surface area contributed by atoms with E-state index in [0.717, 1.165) is 22.5 Å². The Labute approximate surface area is 195 Å². The van der Waals surface area contributed by atoms with E-state index in [0.29, 0.717) is 16.3 Å². The Bertz CT molecular complexity index is 1300. The number of carbonyl (C=O) groups is 1. The minimum Gasteiger partial charge on any atom is -0.495 e. The first-order valence-corrected chi connectivity index (χ1v) is 11.5. The average molecular weight is 461 g/mol. The topological polar surface area (TPSA) is 85.2 Å². The van der Waals surface area contributed by atoms with Gasteiger partial charge in [-0.3, -0.25) is 4.79 Å². The molecule has 0 radical (unpaired) electrons. The molecule has 0 bridgehead atoms. The molecule has 0 spiro atoms. The van der Waals surface area contributed by atoms with Gasteiger partial charge < -0.3 is 14.8 Å². The summed E-state index contributed by atoms with van der Waals surface area (Å²) in [7, 11) is -0.0854. The summed E-state index contributed by atoms with van der Waals surface area (Å²) in [6.07, 6.45) is 1.73. The third-order valence-electron chi connectivity index (χ3n) is 5.14. The minimum atomic E-state index is -1.60. The van der Waals surface area contributed by atoms with Crippen molar-refractivity contribution in [3.63, 3.8) is 0 Å². The lowest BCUT2D eigenvalue weighted by molar-refractivity contribution is 0.102. The minimum absolute atomic E-state index is 0.269. The second-order valence-electron chi connectivity index (χ2n) is 7.44. The summed E-state index contributed by atoms with van der Waals surface area (Å²) in [5.74, 6) is 0.0905. The Morgan fingerprint density at radius 2 is 1.70 bits per heavy atom. The van der Waals surface area contributed by atoms with Gasteiger partial charge in [0.2, 0.25) is 0 Å². The Morgan fingerprint density at radius 1 is 0.970 bits per heavy atom. The van der Waals surface area contributed by atoms with E-state index in [-0.39, 0.29) is 11.6 Å². The van der Waals surface area contributed by atoms with Crippen LogP contribution in [0, 0.1) is 13.8 Å². The largest absolute Gasteiger partial charge is 0.495 e. The van der Waals surface area contributed by atoms with Crippen molar-refractivity contribution in [2.75, 3.05) is 17.1 Å². The van der Waals surface area contributed by atoms with Crippen LogP contribution in [0.2, 0.25) is 0 Å². The third kappa shape index (κ3) is 4.96. The van der Waals surface area contributed by atoms with Crippen LogP contribution in [0.1, 0.15) is 21.6 Å². The number of rotatable bonds is 7. The van der Waals surface area contributed by atoms with Gasteiger partial charge in [0.15, 0.2) is 16.7 Å². The maximum atomic E-state index is 13.2. The first-order chi connectivity index (χ1) is 16.0. The normalized spacial score (nSPS) is 11.6. The molecular weight excluding hydrogens is 436 g/mol. The fraction of sp³-hybridized carbons (Fsp3) is 0.120. The van der Waals surface area contributed by atoms with E-state index in [1.165, 1.54) is 7.11 Å². The molecule has 0 aliphatic carbocycles. The molecule has 33 heavy (non-hydrogen) atoms. The SMILES string of the molecule is COc1ccc(NC(=O)c2ccn(-c3ccccc3)n2)cc1S(=O)Nc1c(C)cccc1C. The van der Waals surface area contributed by atoms with Gasteiger partial charge in [-0.2, -0.15) is 5.10 Å². The zero-order valence-corrected chi connectivity index (χ0v) is 19.3. The van der Waals surface area contributed by atoms with Gasteiger partial charge >= 0.3 is 0 Å². The summed E-state index contributed by atoms with van der Waals surface area (Å²) in [5.41, 5.74) is 4.39. The van der Waals surface area contributed by atoms with E-state index < -0.39 is 11.0 Å². The number of aromatic nitrogens is 2. The maximum absolute atomic E-state index is 13.2. The number of para-hydroxylation sites is 2. The number of anilines is 2. The third-order valence-corrected chi connectivity index (χ3v) is 6.25. The molecular formula is C25H24N4O3S. The molecule has 1 aromatic heterocycles. The molecule has 0 aliphatic rings. The van der Waals surface area contributed by atoms with Gasteiger partial charge in [-0.1, -0.05) is 36.4 Å². The fourth-order valence-electron chi connectivity index (χ4n) is 3.39. The number of hydrogen-bond donors (Lipinski definition) is 2. The number of ether oxygens (including phenoxy) is 1. The first kappa shape index (κ1) is 22.3. The van der Waals surface area contributed by atoms with Gasteiger partial charge in [-0.25, -0.2) is 8.89 Å². The first-order valence-electron chi connectivity index (χ1n) is 10.3. The molecule has 2 N–H and O–H groups in total. The molecule has 0 fully saturated rings. The highest BCUT2D eigenvalue weighted by Crippen LogP contribution is 2.29. The zero-order valence-electron chi connectivity index (χ0n) is 18.5. The molecule has 0 aliphatic heterocycles. The molecule has 1 unspecified atom stereocenters. The second-order valence-corrected chi connectivity index (χ2v) is 8.62. The van der Waals surface area contributed by atoms with Gasteiger partial charge in [0.1, 0.15) is 10.6 Å². The highest BCUT2D eigenvalue weighted by atomic mass is 32.2. The Balaban J connectivity index is 1.55. The molecule has 4 rings (SSSR count). The van der Waals surface area contributed by atoms with E-state index in [2.05, 4.69) is 15.1 Å². The summed E-state index contributed by atoms with van der Waals surface area (Å²) >= 11 is 0. The molecule has 8 heteroatoms. The quantitative estimate of drug-likeness (QED) is 0.411. The van der Waals surface area contributed by atoms with Crippen molar-refractivity contribution in [2.24, 2.45) is 0 Å². The van der Waals surface area contributed by atoms with Gasteiger partial charge in [-0.15, -0.1) is 0 Å². The van der Waals surface area contributed by atoms with Crippen molar-refractivity contribution in [2.45, 2.75) is 18.7 Å². The maximum Gasteiger partial charge on any atom is 0.276 e. The summed E-state index contributed by atoms with van der Waals surface area (Å²) in [6.45, 7) is 3.91. The molecule has 1 amide bonds. The number of methoxy groups -OCH3 is 1. The number of benzene rings is 3. The Kier molecular flexibility index (Phi) is 6.55. The number of nitrogens with one attached hydrogen (secondary N) is 2. The van der Waals surface area contributed by atoms with Crippen LogP contribution < -0.4 is 14.8 Å². The number of carbonyl (C=O) groups excluding carboxylic acids is 1. The van der Waals surface area contributed by atoms with Gasteiger partial charge in [0, 0.05) is 11.9 Å². The van der Waals surface area contributed by atoms with Crippen molar-refractivity contribution in [3.05, 3.63) is 95.8 Å². The van der Waals surface area contributed by atoms with Crippen molar-refractivity contribution in [1.82, 2.24) is 9.78 Å². The van der Waals surface area contributed by atoms with Gasteiger partial charge in [0.25, 0.3) is 5.91 Å². The monoisotopic (exact) mass is 460 g/mol. The van der Waals surface area contributed by atoms with E-state index in [4.69, 9.17) is 4.74 Å². The van der Waals surface area contributed by atoms with Crippen LogP contribution >= 0.6 is 0 Å². The lowest BCUT2D eigenvalue weighted by atomic mass is 10.1. The summed E-state index contributed by atoms with van der Waals surface area (Å²) in [6, 6.07) is 22.1. The van der Waals surface area contributed by atoms with Gasteiger partial charge in [-0.05, 0) is 61.4 Å². The fourth-order valence-corrected chi connectivity index (χ4v) is 4.57. The summed E-state index contributed by atoms with van der Waals surface area (Å²) in [4.78, 5) is 13.2. The summed E-state index contributed by atoms with van der Waals surface area (Å²) < 4.78 is 23.3. The van der Waals surface area contributed by atoms with Crippen LogP contribution in [-0.4, -0.2) is 27.0 Å². The smallest absolute Gasteiger partial charge is 0.276 e. The average Bonchev–Trinajstić information content (AvgIpc) is 3.32. The Hall–Kier alpha value is -3.91. The number of nitrogens with zero attached hydrogens (tertiary/aromatic N) is 2. The number of aryl methyl sites for hydroxylation is 2. The zero-order chi connectivity index (χ0) is 23.4. The van der Waals surface area contributed by atoms with Crippen molar-refractivity contribution in [3.8, 4) is 11.4 Å². The van der Waals surface area contributed by atoms with Crippen LogP contribution in [0.5, 0.6) is 5.75 Å². The molecule has 1 atom stereocenters. The summed E-state index contributed by atoms with van der Waals surface area (Å²) in [5, 5.41) is 7.17. The van der Waals surface area contributed by atoms with E-state index in [1.54, 1.807) is 35.1 Å². The van der Waals surface area contributed by atoms with Crippen molar-refractivity contribution >= 4 is 28.3 Å². The van der Waals surface area contributed by atoms with Crippen LogP contribution in [0.15, 0.2) is 83.9 Å². The van der Waals surface area contributed by atoms with Crippen LogP contribution in [0.4, 0.5) is 11.4 Å².